The normalized spacial score (nSPS) is 12.6. The van der Waals surface area contributed by atoms with Gasteiger partial charge in [-0.3, -0.25) is 0 Å². The van der Waals surface area contributed by atoms with Crippen LogP contribution >= 0.6 is 9.24 Å². The molecule has 2 atom stereocenters. The van der Waals surface area contributed by atoms with Crippen molar-refractivity contribution in [1.82, 2.24) is 0 Å². The highest BCUT2D eigenvalue weighted by atomic mass is 31.0. The summed E-state index contributed by atoms with van der Waals surface area (Å²) in [5, 5.41) is 5.30. The lowest BCUT2D eigenvalue weighted by Crippen LogP contribution is -1.94. The summed E-state index contributed by atoms with van der Waals surface area (Å²) in [6, 6.07) is 30.4. The Morgan fingerprint density at radius 3 is 1.95 bits per heavy atom. The van der Waals surface area contributed by atoms with Crippen molar-refractivity contribution in [2.24, 2.45) is 0 Å². The van der Waals surface area contributed by atoms with Crippen molar-refractivity contribution in [3.8, 4) is 0 Å². The van der Waals surface area contributed by atoms with Crippen molar-refractivity contribution in [2.75, 3.05) is 0 Å². The minimum absolute atomic E-state index is 0.302. The van der Waals surface area contributed by atoms with Crippen molar-refractivity contribution < 1.29 is 0 Å². The lowest BCUT2D eigenvalue weighted by atomic mass is 9.93. The molecule has 0 radical (unpaired) electrons. The lowest BCUT2D eigenvalue weighted by molar-refractivity contribution is 1.18. The van der Waals surface area contributed by atoms with Crippen molar-refractivity contribution in [3.05, 3.63) is 96.1 Å². The second-order valence-corrected chi connectivity index (χ2v) is 6.29. The largest absolute Gasteiger partial charge is 0.125 e. The van der Waals surface area contributed by atoms with E-state index in [-0.39, 0.29) is 0 Å². The Hall–Kier alpha value is -2.17. The van der Waals surface area contributed by atoms with Gasteiger partial charge in [-0.1, -0.05) is 78.9 Å². The summed E-state index contributed by atoms with van der Waals surface area (Å²) in [5.74, 6) is 0. The van der Waals surface area contributed by atoms with Gasteiger partial charge >= 0.3 is 0 Å². The molecule has 0 N–H and O–H groups in total. The van der Waals surface area contributed by atoms with E-state index in [9.17, 15) is 0 Å². The molecule has 22 heavy (non-hydrogen) atoms. The predicted molar refractivity (Wildman–Crippen MR) is 99.4 cm³/mol. The highest BCUT2D eigenvalue weighted by molar-refractivity contribution is 7.17. The maximum Gasteiger partial charge on any atom is 0.0240 e. The molecule has 1 heteroatoms. The summed E-state index contributed by atoms with van der Waals surface area (Å²) in [7, 11) is 3.01. The number of hydrogen-bond donors (Lipinski definition) is 0. The van der Waals surface area contributed by atoms with E-state index in [2.05, 4.69) is 94.2 Å². The fourth-order valence-corrected chi connectivity index (χ4v) is 3.68. The molecule has 1 unspecified atom stereocenters. The Kier molecular flexibility index (Phi) is 3.41. The molecule has 106 valence electrons. The average Bonchev–Trinajstić information content (AvgIpc) is 2.61. The Morgan fingerprint density at radius 2 is 1.18 bits per heavy atom. The zero-order valence-electron chi connectivity index (χ0n) is 12.2. The quantitative estimate of drug-likeness (QED) is 0.316. The fourth-order valence-electron chi connectivity index (χ4n) is 3.18. The first kappa shape index (κ1) is 13.5. The molecule has 0 aromatic heterocycles. The van der Waals surface area contributed by atoms with E-state index in [1.807, 2.05) is 0 Å². The molecule has 0 nitrogen and oxygen atoms in total. The maximum atomic E-state index is 3.01. The van der Waals surface area contributed by atoms with Gasteiger partial charge in [0.25, 0.3) is 0 Å². The first-order valence-electron chi connectivity index (χ1n) is 7.55. The number of hydrogen-bond acceptors (Lipinski definition) is 0. The molecule has 0 heterocycles. The molecule has 0 aliphatic carbocycles. The molecular weight excluding hydrogens is 283 g/mol. The SMILES string of the molecule is P[C@@H](c1ccccc1)c1cc2ccccc2c2ccccc12. The molecule has 0 saturated heterocycles. The maximum absolute atomic E-state index is 3.01. The van der Waals surface area contributed by atoms with Gasteiger partial charge < -0.3 is 0 Å². The lowest BCUT2D eigenvalue weighted by Gasteiger charge is -2.17. The Morgan fingerprint density at radius 1 is 0.591 bits per heavy atom. The second-order valence-electron chi connectivity index (χ2n) is 5.62. The monoisotopic (exact) mass is 300 g/mol. The molecule has 0 aliphatic rings. The Labute approximate surface area is 133 Å². The summed E-state index contributed by atoms with van der Waals surface area (Å²) in [6.07, 6.45) is 0. The van der Waals surface area contributed by atoms with E-state index in [0.29, 0.717) is 5.66 Å². The van der Waals surface area contributed by atoms with Crippen LogP contribution in [0.4, 0.5) is 0 Å². The van der Waals surface area contributed by atoms with Gasteiger partial charge in [0.1, 0.15) is 0 Å². The summed E-state index contributed by atoms with van der Waals surface area (Å²) < 4.78 is 0. The van der Waals surface area contributed by atoms with Crippen molar-refractivity contribution in [1.29, 1.82) is 0 Å². The first-order valence-corrected chi connectivity index (χ1v) is 8.22. The zero-order chi connectivity index (χ0) is 14.9. The van der Waals surface area contributed by atoms with E-state index in [1.165, 1.54) is 32.7 Å². The highest BCUT2D eigenvalue weighted by Crippen LogP contribution is 2.38. The molecule has 4 rings (SSSR count). The summed E-state index contributed by atoms with van der Waals surface area (Å²) >= 11 is 0. The van der Waals surface area contributed by atoms with Gasteiger partial charge in [-0.2, -0.15) is 0 Å². The molecule has 4 aromatic rings. The minimum Gasteiger partial charge on any atom is -0.125 e. The van der Waals surface area contributed by atoms with Gasteiger partial charge in [0.05, 0.1) is 0 Å². The van der Waals surface area contributed by atoms with E-state index >= 15 is 0 Å². The molecule has 0 spiro atoms. The van der Waals surface area contributed by atoms with Gasteiger partial charge in [0.2, 0.25) is 0 Å². The summed E-state index contributed by atoms with van der Waals surface area (Å²) in [5.41, 5.74) is 2.99. The van der Waals surface area contributed by atoms with Gasteiger partial charge in [-0.25, -0.2) is 0 Å². The van der Waals surface area contributed by atoms with Crippen LogP contribution in [0.5, 0.6) is 0 Å². The van der Waals surface area contributed by atoms with Crippen LogP contribution in [0.1, 0.15) is 16.8 Å². The van der Waals surface area contributed by atoms with Crippen molar-refractivity contribution in [2.45, 2.75) is 5.66 Å². The first-order chi connectivity index (χ1) is 10.8. The number of rotatable bonds is 2. The van der Waals surface area contributed by atoms with Crippen LogP contribution in [-0.4, -0.2) is 0 Å². The molecular formula is C21H17P. The third-order valence-corrected chi connectivity index (χ3v) is 5.04. The van der Waals surface area contributed by atoms with E-state index in [4.69, 9.17) is 0 Å². The molecule has 0 fully saturated rings. The fraction of sp³-hybridized carbons (Fsp3) is 0.0476. The van der Waals surface area contributed by atoms with Crippen molar-refractivity contribution >= 4 is 30.8 Å². The second kappa shape index (κ2) is 5.55. The van der Waals surface area contributed by atoms with Crippen LogP contribution in [0.2, 0.25) is 0 Å². The average molecular weight is 300 g/mol. The Balaban J connectivity index is 2.04. The van der Waals surface area contributed by atoms with Crippen LogP contribution in [0.15, 0.2) is 84.9 Å². The van der Waals surface area contributed by atoms with Gasteiger partial charge in [0, 0.05) is 5.66 Å². The predicted octanol–water partition coefficient (Wildman–Crippen LogP) is 5.96. The number of fused-ring (bicyclic) bond motifs is 3. The zero-order valence-corrected chi connectivity index (χ0v) is 13.4. The summed E-state index contributed by atoms with van der Waals surface area (Å²) in [6.45, 7) is 0. The van der Waals surface area contributed by atoms with Gasteiger partial charge in [0.15, 0.2) is 0 Å². The van der Waals surface area contributed by atoms with E-state index < -0.39 is 0 Å². The molecule has 0 amide bonds. The molecule has 0 saturated carbocycles. The van der Waals surface area contributed by atoms with Gasteiger partial charge in [-0.05, 0) is 38.7 Å². The van der Waals surface area contributed by atoms with Crippen LogP contribution in [0, 0.1) is 0 Å². The number of benzene rings is 4. The van der Waals surface area contributed by atoms with Crippen LogP contribution in [0.25, 0.3) is 21.5 Å². The van der Waals surface area contributed by atoms with E-state index in [1.54, 1.807) is 0 Å². The highest BCUT2D eigenvalue weighted by Gasteiger charge is 2.13. The van der Waals surface area contributed by atoms with E-state index in [0.717, 1.165) is 0 Å². The molecule has 0 aliphatic heterocycles. The Bertz CT molecular complexity index is 941. The third-order valence-electron chi connectivity index (χ3n) is 4.29. The minimum atomic E-state index is 0.302. The summed E-state index contributed by atoms with van der Waals surface area (Å²) in [4.78, 5) is 0. The van der Waals surface area contributed by atoms with Gasteiger partial charge in [-0.15, -0.1) is 9.24 Å². The molecule has 4 aromatic carbocycles. The van der Waals surface area contributed by atoms with Crippen molar-refractivity contribution in [3.63, 3.8) is 0 Å². The molecule has 0 bridgehead atoms. The van der Waals surface area contributed by atoms with Crippen LogP contribution in [-0.2, 0) is 0 Å². The van der Waals surface area contributed by atoms with Crippen LogP contribution < -0.4 is 0 Å². The third kappa shape index (κ3) is 2.21. The topological polar surface area (TPSA) is 0 Å². The standard InChI is InChI=1S/C21H17P/c22-21(15-8-2-1-3-9-15)20-14-16-10-4-5-11-17(16)18-12-6-7-13-19(18)20/h1-14,21H,22H2/t21-/m0/s1. The van der Waals surface area contributed by atoms with Crippen LogP contribution in [0.3, 0.4) is 0 Å². The smallest absolute Gasteiger partial charge is 0.0240 e.